The number of benzene rings is 3. The summed E-state index contributed by atoms with van der Waals surface area (Å²) in [5.74, 6) is 1.47. The quantitative estimate of drug-likeness (QED) is 0.572. The molecule has 0 heterocycles. The van der Waals surface area contributed by atoms with Crippen LogP contribution in [0.15, 0.2) is 66.7 Å². The Hall–Kier alpha value is -4.00. The van der Waals surface area contributed by atoms with Crippen LogP contribution in [0.4, 0.5) is 11.4 Å². The standard InChI is InChI=1S/C24H24N2O5/c1-29-20-11-9-19(10-12-20)26-24(28)17-5-7-18(8-6-17)25-23(27)15-16-4-13-21(30-2)22(14-16)31-3/h4-14H,15H2,1-3H3,(H,25,27)(H,26,28). The van der Waals surface area contributed by atoms with E-state index < -0.39 is 0 Å². The molecule has 0 fully saturated rings. The van der Waals surface area contributed by atoms with Crippen LogP contribution in [0.2, 0.25) is 0 Å². The Kier molecular flexibility index (Phi) is 7.11. The number of nitrogens with one attached hydrogen (secondary N) is 2. The molecule has 0 aliphatic carbocycles. The fourth-order valence-corrected chi connectivity index (χ4v) is 2.96. The second-order valence-electron chi connectivity index (χ2n) is 6.67. The van der Waals surface area contributed by atoms with E-state index in [4.69, 9.17) is 14.2 Å². The second-order valence-corrected chi connectivity index (χ2v) is 6.67. The van der Waals surface area contributed by atoms with E-state index in [-0.39, 0.29) is 18.2 Å². The fraction of sp³-hybridized carbons (Fsp3) is 0.167. The van der Waals surface area contributed by atoms with Gasteiger partial charge in [-0.2, -0.15) is 0 Å². The molecule has 31 heavy (non-hydrogen) atoms. The van der Waals surface area contributed by atoms with Gasteiger partial charge in [-0.1, -0.05) is 6.07 Å². The van der Waals surface area contributed by atoms with Crippen molar-refractivity contribution in [3.8, 4) is 17.2 Å². The maximum atomic E-state index is 12.4. The highest BCUT2D eigenvalue weighted by Crippen LogP contribution is 2.27. The molecule has 0 atom stereocenters. The maximum absolute atomic E-state index is 12.4. The third-order valence-electron chi connectivity index (χ3n) is 4.59. The van der Waals surface area contributed by atoms with E-state index in [9.17, 15) is 9.59 Å². The number of anilines is 2. The molecule has 0 unspecified atom stereocenters. The lowest BCUT2D eigenvalue weighted by Gasteiger charge is -2.10. The summed E-state index contributed by atoms with van der Waals surface area (Å²) in [7, 11) is 4.70. The molecule has 0 saturated carbocycles. The summed E-state index contributed by atoms with van der Waals surface area (Å²) in [5.41, 5.74) is 2.55. The minimum absolute atomic E-state index is 0.178. The molecule has 2 N–H and O–H groups in total. The maximum Gasteiger partial charge on any atom is 0.255 e. The number of hydrogen-bond acceptors (Lipinski definition) is 5. The predicted octanol–water partition coefficient (Wildman–Crippen LogP) is 4.15. The number of rotatable bonds is 8. The van der Waals surface area contributed by atoms with E-state index in [1.54, 1.807) is 82.0 Å². The average molecular weight is 420 g/mol. The number of hydrogen-bond donors (Lipinski definition) is 2. The van der Waals surface area contributed by atoms with Gasteiger partial charge in [-0.05, 0) is 66.2 Å². The number of carbonyl (C=O) groups is 2. The second kappa shape index (κ2) is 10.2. The number of ether oxygens (including phenoxy) is 3. The Balaban J connectivity index is 1.58. The molecule has 3 rings (SSSR count). The van der Waals surface area contributed by atoms with Crippen molar-refractivity contribution in [1.29, 1.82) is 0 Å². The van der Waals surface area contributed by atoms with Crippen LogP contribution in [0.1, 0.15) is 15.9 Å². The summed E-state index contributed by atoms with van der Waals surface area (Å²) in [6.45, 7) is 0. The van der Waals surface area contributed by atoms with Gasteiger partial charge in [0.1, 0.15) is 5.75 Å². The van der Waals surface area contributed by atoms with E-state index >= 15 is 0 Å². The first kappa shape index (κ1) is 21.7. The van der Waals surface area contributed by atoms with Crippen molar-refractivity contribution in [2.75, 3.05) is 32.0 Å². The first-order valence-electron chi connectivity index (χ1n) is 9.58. The molecular weight excluding hydrogens is 396 g/mol. The topological polar surface area (TPSA) is 85.9 Å². The zero-order chi connectivity index (χ0) is 22.2. The van der Waals surface area contributed by atoms with Crippen molar-refractivity contribution in [2.24, 2.45) is 0 Å². The van der Waals surface area contributed by atoms with Gasteiger partial charge in [-0.3, -0.25) is 9.59 Å². The van der Waals surface area contributed by atoms with Crippen LogP contribution in [-0.4, -0.2) is 33.1 Å². The minimum Gasteiger partial charge on any atom is -0.497 e. The van der Waals surface area contributed by atoms with Gasteiger partial charge >= 0.3 is 0 Å². The van der Waals surface area contributed by atoms with Gasteiger partial charge in [0.25, 0.3) is 5.91 Å². The monoisotopic (exact) mass is 420 g/mol. The molecule has 160 valence electrons. The lowest BCUT2D eigenvalue weighted by molar-refractivity contribution is -0.115. The lowest BCUT2D eigenvalue weighted by Crippen LogP contribution is -2.15. The first-order valence-corrected chi connectivity index (χ1v) is 9.58. The molecule has 2 amide bonds. The van der Waals surface area contributed by atoms with E-state index in [1.807, 2.05) is 6.07 Å². The molecule has 3 aromatic carbocycles. The Labute approximate surface area is 180 Å². The summed E-state index contributed by atoms with van der Waals surface area (Å²) in [5, 5.41) is 5.65. The van der Waals surface area contributed by atoms with Crippen molar-refractivity contribution >= 4 is 23.2 Å². The third kappa shape index (κ3) is 5.76. The zero-order valence-corrected chi connectivity index (χ0v) is 17.6. The van der Waals surface area contributed by atoms with Gasteiger partial charge in [0.2, 0.25) is 5.91 Å². The molecule has 0 aliphatic rings. The highest BCUT2D eigenvalue weighted by Gasteiger charge is 2.10. The van der Waals surface area contributed by atoms with Crippen molar-refractivity contribution < 1.29 is 23.8 Å². The van der Waals surface area contributed by atoms with E-state index in [2.05, 4.69) is 10.6 Å². The molecule has 0 spiro atoms. The molecule has 7 nitrogen and oxygen atoms in total. The van der Waals surface area contributed by atoms with Gasteiger partial charge in [0.05, 0.1) is 27.8 Å². The Bertz CT molecular complexity index is 1050. The van der Waals surface area contributed by atoms with Crippen LogP contribution < -0.4 is 24.8 Å². The van der Waals surface area contributed by atoms with E-state index in [0.29, 0.717) is 34.2 Å². The summed E-state index contributed by atoms with van der Waals surface area (Å²) < 4.78 is 15.6. The zero-order valence-electron chi connectivity index (χ0n) is 17.6. The van der Waals surface area contributed by atoms with Crippen LogP contribution >= 0.6 is 0 Å². The van der Waals surface area contributed by atoms with E-state index in [1.165, 1.54) is 0 Å². The number of amides is 2. The van der Waals surface area contributed by atoms with Crippen LogP contribution in [0.5, 0.6) is 17.2 Å². The average Bonchev–Trinajstić information content (AvgIpc) is 2.79. The summed E-state index contributed by atoms with van der Waals surface area (Å²) in [6.07, 6.45) is 0.181. The molecule has 0 bridgehead atoms. The molecular formula is C24H24N2O5. The van der Waals surface area contributed by atoms with Crippen molar-refractivity contribution in [1.82, 2.24) is 0 Å². The molecule has 0 saturated heterocycles. The summed E-state index contributed by atoms with van der Waals surface area (Å²) in [6, 6.07) is 19.1. The van der Waals surface area contributed by atoms with Gasteiger partial charge < -0.3 is 24.8 Å². The van der Waals surface area contributed by atoms with Crippen LogP contribution in [0, 0.1) is 0 Å². The molecule has 0 aliphatic heterocycles. The van der Waals surface area contributed by atoms with E-state index in [0.717, 1.165) is 5.56 Å². The van der Waals surface area contributed by atoms with Crippen molar-refractivity contribution in [3.63, 3.8) is 0 Å². The molecule has 0 radical (unpaired) electrons. The Morgan fingerprint density at radius 3 is 1.94 bits per heavy atom. The Morgan fingerprint density at radius 2 is 1.32 bits per heavy atom. The van der Waals surface area contributed by atoms with Crippen molar-refractivity contribution in [3.05, 3.63) is 77.9 Å². The van der Waals surface area contributed by atoms with Crippen LogP contribution in [-0.2, 0) is 11.2 Å². The van der Waals surface area contributed by atoms with Gasteiger partial charge in [0, 0.05) is 16.9 Å². The normalized spacial score (nSPS) is 10.2. The van der Waals surface area contributed by atoms with Gasteiger partial charge in [0.15, 0.2) is 11.5 Å². The minimum atomic E-state index is -0.242. The van der Waals surface area contributed by atoms with Crippen LogP contribution in [0.3, 0.4) is 0 Å². The van der Waals surface area contributed by atoms with Gasteiger partial charge in [-0.25, -0.2) is 0 Å². The highest BCUT2D eigenvalue weighted by molar-refractivity contribution is 6.04. The summed E-state index contributed by atoms with van der Waals surface area (Å²) >= 11 is 0. The predicted molar refractivity (Wildman–Crippen MR) is 119 cm³/mol. The summed E-state index contributed by atoms with van der Waals surface area (Å²) in [4.78, 5) is 24.8. The van der Waals surface area contributed by atoms with Gasteiger partial charge in [-0.15, -0.1) is 0 Å². The highest BCUT2D eigenvalue weighted by atomic mass is 16.5. The third-order valence-corrected chi connectivity index (χ3v) is 4.59. The molecule has 7 heteroatoms. The van der Waals surface area contributed by atoms with Crippen LogP contribution in [0.25, 0.3) is 0 Å². The lowest BCUT2D eigenvalue weighted by atomic mass is 10.1. The molecule has 3 aromatic rings. The Morgan fingerprint density at radius 1 is 0.710 bits per heavy atom. The smallest absolute Gasteiger partial charge is 0.255 e. The SMILES string of the molecule is COc1ccc(NC(=O)c2ccc(NC(=O)Cc3ccc(OC)c(OC)c3)cc2)cc1. The number of carbonyl (C=O) groups excluding carboxylic acids is 2. The number of methoxy groups -OCH3 is 3. The fourth-order valence-electron chi connectivity index (χ4n) is 2.96. The first-order chi connectivity index (χ1) is 15.0. The van der Waals surface area contributed by atoms with Crippen molar-refractivity contribution in [2.45, 2.75) is 6.42 Å². The molecule has 0 aromatic heterocycles. The largest absolute Gasteiger partial charge is 0.497 e.